The van der Waals surface area contributed by atoms with Crippen LogP contribution in [0.5, 0.6) is 0 Å². The molecular weight excluding hydrogens is 434 g/mol. The molecule has 172 valence electrons. The van der Waals surface area contributed by atoms with Crippen LogP contribution in [-0.2, 0) is 22.6 Å². The molecule has 0 bridgehead atoms. The molecule has 2 N–H and O–H groups in total. The van der Waals surface area contributed by atoms with Gasteiger partial charge in [0.15, 0.2) is 0 Å². The molecule has 1 aliphatic heterocycles. The standard InChI is InChI=1S/C25H29N5O2S/c1-18(31)26-21-4-3-5-22(14-21)27-24(32)15-23-17-33-25(28-23)20-8-6-19(7-9-20)16-30-12-10-29(2)11-13-30/h3-9,14,17H,10-13,15-16H2,1-2H3,(H,26,31)(H,27,32). The highest BCUT2D eigenvalue weighted by Crippen LogP contribution is 2.25. The Morgan fingerprint density at radius 1 is 1.00 bits per heavy atom. The lowest BCUT2D eigenvalue weighted by Gasteiger charge is -2.32. The van der Waals surface area contributed by atoms with E-state index in [2.05, 4.69) is 56.7 Å². The van der Waals surface area contributed by atoms with Crippen LogP contribution in [0, 0.1) is 0 Å². The number of aromatic nitrogens is 1. The molecule has 0 saturated carbocycles. The molecule has 7 nitrogen and oxygen atoms in total. The fourth-order valence-electron chi connectivity index (χ4n) is 3.79. The molecule has 1 saturated heterocycles. The number of carbonyl (C=O) groups excluding carboxylic acids is 2. The summed E-state index contributed by atoms with van der Waals surface area (Å²) in [6, 6.07) is 15.7. The molecule has 4 rings (SSSR count). The third-order valence-corrected chi connectivity index (χ3v) is 6.50. The monoisotopic (exact) mass is 463 g/mol. The van der Waals surface area contributed by atoms with Gasteiger partial charge in [-0.3, -0.25) is 14.5 Å². The molecule has 8 heteroatoms. The number of benzene rings is 2. The maximum atomic E-state index is 12.5. The van der Waals surface area contributed by atoms with E-state index >= 15 is 0 Å². The molecule has 1 aliphatic rings. The molecular formula is C25H29N5O2S. The van der Waals surface area contributed by atoms with Crippen molar-refractivity contribution in [1.82, 2.24) is 14.8 Å². The topological polar surface area (TPSA) is 77.6 Å². The minimum atomic E-state index is -0.152. The average molecular weight is 464 g/mol. The minimum absolute atomic E-state index is 0.144. The molecule has 0 radical (unpaired) electrons. The predicted octanol–water partition coefficient (Wildman–Crippen LogP) is 3.70. The number of nitrogens with zero attached hydrogens (tertiary/aromatic N) is 3. The first kappa shape index (κ1) is 23.1. The second kappa shape index (κ2) is 10.7. The maximum Gasteiger partial charge on any atom is 0.230 e. The Bertz CT molecular complexity index is 1100. The summed E-state index contributed by atoms with van der Waals surface area (Å²) in [5, 5.41) is 8.43. The quantitative estimate of drug-likeness (QED) is 0.559. The molecule has 2 aromatic carbocycles. The van der Waals surface area contributed by atoms with E-state index in [4.69, 9.17) is 0 Å². The summed E-state index contributed by atoms with van der Waals surface area (Å²) >= 11 is 1.55. The number of carbonyl (C=O) groups is 2. The Morgan fingerprint density at radius 3 is 2.39 bits per heavy atom. The van der Waals surface area contributed by atoms with Crippen molar-refractivity contribution in [2.24, 2.45) is 0 Å². The average Bonchev–Trinajstić information content (AvgIpc) is 3.24. The van der Waals surface area contributed by atoms with Crippen LogP contribution >= 0.6 is 11.3 Å². The summed E-state index contributed by atoms with van der Waals surface area (Å²) in [5.41, 5.74) is 4.40. The van der Waals surface area contributed by atoms with Crippen molar-refractivity contribution in [3.8, 4) is 10.6 Å². The first-order valence-electron chi connectivity index (χ1n) is 11.1. The van der Waals surface area contributed by atoms with Gasteiger partial charge in [0, 0.05) is 62.0 Å². The van der Waals surface area contributed by atoms with Crippen LogP contribution in [0.15, 0.2) is 53.9 Å². The lowest BCUT2D eigenvalue weighted by Crippen LogP contribution is -2.43. The van der Waals surface area contributed by atoms with Gasteiger partial charge in [-0.15, -0.1) is 11.3 Å². The summed E-state index contributed by atoms with van der Waals surface area (Å²) < 4.78 is 0. The van der Waals surface area contributed by atoms with Crippen molar-refractivity contribution in [3.63, 3.8) is 0 Å². The molecule has 1 aromatic heterocycles. The molecule has 2 heterocycles. The van der Waals surface area contributed by atoms with Crippen LogP contribution in [0.25, 0.3) is 10.6 Å². The number of thiazole rings is 1. The van der Waals surface area contributed by atoms with Gasteiger partial charge in [-0.05, 0) is 30.8 Å². The zero-order valence-corrected chi connectivity index (χ0v) is 19.8. The largest absolute Gasteiger partial charge is 0.326 e. The summed E-state index contributed by atoms with van der Waals surface area (Å²) in [6.07, 6.45) is 0.197. The van der Waals surface area contributed by atoms with Gasteiger partial charge in [-0.1, -0.05) is 30.3 Å². The third kappa shape index (κ3) is 6.71. The second-order valence-corrected chi connectivity index (χ2v) is 9.27. The van der Waals surface area contributed by atoms with Crippen LogP contribution < -0.4 is 10.6 Å². The number of hydrogen-bond acceptors (Lipinski definition) is 6. The van der Waals surface area contributed by atoms with Crippen molar-refractivity contribution in [2.75, 3.05) is 43.9 Å². The van der Waals surface area contributed by atoms with Crippen LogP contribution in [0.3, 0.4) is 0 Å². The third-order valence-electron chi connectivity index (χ3n) is 5.56. The van der Waals surface area contributed by atoms with Crippen molar-refractivity contribution < 1.29 is 9.59 Å². The SMILES string of the molecule is CC(=O)Nc1cccc(NC(=O)Cc2csc(-c3ccc(CN4CCN(C)CC4)cc3)n2)c1. The highest BCUT2D eigenvalue weighted by Gasteiger charge is 2.14. The van der Waals surface area contributed by atoms with Gasteiger partial charge in [0.05, 0.1) is 12.1 Å². The normalized spacial score (nSPS) is 14.7. The number of anilines is 2. The Kier molecular flexibility index (Phi) is 7.49. The molecule has 0 aliphatic carbocycles. The van der Waals surface area contributed by atoms with Crippen molar-refractivity contribution in [3.05, 3.63) is 65.2 Å². The first-order chi connectivity index (χ1) is 15.9. The van der Waals surface area contributed by atoms with Gasteiger partial charge in [0.1, 0.15) is 5.01 Å². The number of piperazine rings is 1. The fraction of sp³-hybridized carbons (Fsp3) is 0.320. The number of rotatable bonds is 7. The Labute approximate surface area is 198 Å². The molecule has 0 atom stereocenters. The van der Waals surface area contributed by atoms with E-state index in [9.17, 15) is 9.59 Å². The summed E-state index contributed by atoms with van der Waals surface area (Å²) in [5.74, 6) is -0.296. The Balaban J connectivity index is 1.32. The lowest BCUT2D eigenvalue weighted by atomic mass is 10.1. The van der Waals surface area contributed by atoms with E-state index < -0.39 is 0 Å². The van der Waals surface area contributed by atoms with E-state index in [-0.39, 0.29) is 18.2 Å². The van der Waals surface area contributed by atoms with E-state index in [1.54, 1.807) is 35.6 Å². The minimum Gasteiger partial charge on any atom is -0.326 e. The summed E-state index contributed by atoms with van der Waals surface area (Å²) in [4.78, 5) is 33.2. The number of nitrogens with one attached hydrogen (secondary N) is 2. The van der Waals surface area contributed by atoms with Crippen molar-refractivity contribution in [2.45, 2.75) is 19.9 Å². The fourth-order valence-corrected chi connectivity index (χ4v) is 4.61. The predicted molar refractivity (Wildman–Crippen MR) is 133 cm³/mol. The molecule has 1 fully saturated rings. The van der Waals surface area contributed by atoms with E-state index in [1.807, 2.05) is 5.38 Å². The van der Waals surface area contributed by atoms with Crippen LogP contribution in [0.1, 0.15) is 18.2 Å². The molecule has 0 unspecified atom stereocenters. The van der Waals surface area contributed by atoms with E-state index in [0.29, 0.717) is 11.4 Å². The number of likely N-dealkylation sites (N-methyl/N-ethyl adjacent to an activating group) is 1. The van der Waals surface area contributed by atoms with E-state index in [1.165, 1.54) is 12.5 Å². The zero-order chi connectivity index (χ0) is 23.2. The van der Waals surface area contributed by atoms with Gasteiger partial charge in [-0.2, -0.15) is 0 Å². The molecule has 0 spiro atoms. The van der Waals surface area contributed by atoms with Gasteiger partial charge in [0.2, 0.25) is 11.8 Å². The van der Waals surface area contributed by atoms with Gasteiger partial charge in [0.25, 0.3) is 0 Å². The van der Waals surface area contributed by atoms with Gasteiger partial charge in [-0.25, -0.2) is 4.98 Å². The number of hydrogen-bond donors (Lipinski definition) is 2. The molecule has 3 aromatic rings. The van der Waals surface area contributed by atoms with Crippen LogP contribution in [0.4, 0.5) is 11.4 Å². The zero-order valence-electron chi connectivity index (χ0n) is 19.0. The lowest BCUT2D eigenvalue weighted by molar-refractivity contribution is -0.116. The maximum absolute atomic E-state index is 12.5. The van der Waals surface area contributed by atoms with Crippen molar-refractivity contribution in [1.29, 1.82) is 0 Å². The Hall–Kier alpha value is -3.07. The first-order valence-corrected chi connectivity index (χ1v) is 11.9. The molecule has 2 amide bonds. The smallest absolute Gasteiger partial charge is 0.230 e. The Morgan fingerprint density at radius 2 is 1.70 bits per heavy atom. The van der Waals surface area contributed by atoms with Gasteiger partial charge >= 0.3 is 0 Å². The highest BCUT2D eigenvalue weighted by atomic mass is 32.1. The summed E-state index contributed by atoms with van der Waals surface area (Å²) in [6.45, 7) is 6.87. The van der Waals surface area contributed by atoms with Crippen LogP contribution in [-0.4, -0.2) is 59.8 Å². The molecule has 33 heavy (non-hydrogen) atoms. The van der Waals surface area contributed by atoms with Crippen LogP contribution in [0.2, 0.25) is 0 Å². The summed E-state index contributed by atoms with van der Waals surface area (Å²) in [7, 11) is 2.17. The van der Waals surface area contributed by atoms with Gasteiger partial charge < -0.3 is 15.5 Å². The number of amides is 2. The van der Waals surface area contributed by atoms with Crippen molar-refractivity contribution >= 4 is 34.5 Å². The second-order valence-electron chi connectivity index (χ2n) is 8.41. The van der Waals surface area contributed by atoms with E-state index in [0.717, 1.165) is 49.0 Å². The highest BCUT2D eigenvalue weighted by molar-refractivity contribution is 7.13.